The SMILES string of the molecule is CCCC(=O)NC(C)c1nnc(-c2cc(S(=O)(=O)N3CCN(CC)CC3)ccc2C2CO2)[nH]c1=O. The van der Waals surface area contributed by atoms with Crippen LogP contribution in [0.3, 0.4) is 0 Å². The number of carbonyl (C=O) groups excluding carboxylic acids is 1. The van der Waals surface area contributed by atoms with E-state index in [1.165, 1.54) is 10.4 Å². The van der Waals surface area contributed by atoms with Crippen molar-refractivity contribution in [1.29, 1.82) is 0 Å². The van der Waals surface area contributed by atoms with Gasteiger partial charge in [-0.2, -0.15) is 4.31 Å². The van der Waals surface area contributed by atoms with E-state index in [1.54, 1.807) is 19.1 Å². The van der Waals surface area contributed by atoms with Gasteiger partial charge in [0.25, 0.3) is 5.56 Å². The maximum Gasteiger partial charge on any atom is 0.275 e. The number of epoxide rings is 1. The summed E-state index contributed by atoms with van der Waals surface area (Å²) in [6, 6.07) is 4.21. The molecule has 35 heavy (non-hydrogen) atoms. The van der Waals surface area contributed by atoms with Crippen molar-refractivity contribution < 1.29 is 17.9 Å². The molecule has 2 aromatic rings. The molecule has 12 heteroatoms. The minimum atomic E-state index is -3.72. The molecule has 1 amide bonds. The molecule has 0 saturated carbocycles. The highest BCUT2D eigenvalue weighted by atomic mass is 32.2. The molecule has 0 bridgehead atoms. The van der Waals surface area contributed by atoms with Crippen LogP contribution < -0.4 is 10.9 Å². The Morgan fingerprint density at radius 3 is 2.54 bits per heavy atom. The number of nitrogens with one attached hydrogen (secondary N) is 2. The lowest BCUT2D eigenvalue weighted by Gasteiger charge is -2.33. The Kier molecular flexibility index (Phi) is 7.64. The Bertz CT molecular complexity index is 1240. The van der Waals surface area contributed by atoms with E-state index in [1.807, 2.05) is 6.92 Å². The molecule has 2 fully saturated rings. The second-order valence-electron chi connectivity index (χ2n) is 8.84. The Hall–Kier alpha value is -2.67. The number of piperazine rings is 1. The average molecular weight is 505 g/mol. The number of sulfonamides is 1. The number of hydrogen-bond donors (Lipinski definition) is 2. The smallest absolute Gasteiger partial charge is 0.275 e. The number of rotatable bonds is 9. The van der Waals surface area contributed by atoms with Gasteiger partial charge in [-0.3, -0.25) is 9.59 Å². The van der Waals surface area contributed by atoms with Crippen LogP contribution in [0, 0.1) is 0 Å². The van der Waals surface area contributed by atoms with Crippen LogP contribution in [0.15, 0.2) is 27.9 Å². The van der Waals surface area contributed by atoms with Crippen molar-refractivity contribution in [2.45, 2.75) is 50.7 Å². The van der Waals surface area contributed by atoms with Gasteiger partial charge < -0.3 is 19.9 Å². The first-order valence-electron chi connectivity index (χ1n) is 12.0. The number of aromatic nitrogens is 3. The summed E-state index contributed by atoms with van der Waals surface area (Å²) < 4.78 is 33.6. The average Bonchev–Trinajstić information content (AvgIpc) is 3.69. The molecule has 2 saturated heterocycles. The van der Waals surface area contributed by atoms with E-state index < -0.39 is 21.6 Å². The van der Waals surface area contributed by atoms with E-state index in [2.05, 4.69) is 32.3 Å². The van der Waals surface area contributed by atoms with Crippen LogP contribution in [0.2, 0.25) is 0 Å². The number of H-pyrrole nitrogens is 1. The Morgan fingerprint density at radius 2 is 1.94 bits per heavy atom. The van der Waals surface area contributed by atoms with Gasteiger partial charge in [-0.05, 0) is 37.6 Å². The monoisotopic (exact) mass is 504 g/mol. The van der Waals surface area contributed by atoms with E-state index in [-0.39, 0.29) is 28.4 Å². The second-order valence-corrected chi connectivity index (χ2v) is 10.8. The highest BCUT2D eigenvalue weighted by molar-refractivity contribution is 7.89. The number of benzene rings is 1. The fourth-order valence-electron chi connectivity index (χ4n) is 4.20. The third-order valence-corrected chi connectivity index (χ3v) is 8.26. The Labute approximate surface area is 204 Å². The fraction of sp³-hybridized carbons (Fsp3) is 0.565. The topological polar surface area (TPSA) is 141 Å². The molecule has 3 heterocycles. The second kappa shape index (κ2) is 10.5. The third-order valence-electron chi connectivity index (χ3n) is 6.36. The number of amides is 1. The van der Waals surface area contributed by atoms with Crippen molar-refractivity contribution in [2.75, 3.05) is 39.3 Å². The molecule has 190 valence electrons. The largest absolute Gasteiger partial charge is 0.368 e. The van der Waals surface area contributed by atoms with Crippen LogP contribution in [0.1, 0.15) is 57.0 Å². The molecule has 2 aliphatic rings. The lowest BCUT2D eigenvalue weighted by molar-refractivity contribution is -0.121. The van der Waals surface area contributed by atoms with Crippen LogP contribution in [0.5, 0.6) is 0 Å². The highest BCUT2D eigenvalue weighted by Crippen LogP contribution is 2.37. The predicted molar refractivity (Wildman–Crippen MR) is 129 cm³/mol. The number of likely N-dealkylation sites (N-methyl/N-ethyl adjacent to an activating group) is 1. The quantitative estimate of drug-likeness (QED) is 0.486. The van der Waals surface area contributed by atoms with Crippen LogP contribution >= 0.6 is 0 Å². The number of carbonyl (C=O) groups is 1. The van der Waals surface area contributed by atoms with Gasteiger partial charge in [0.15, 0.2) is 11.5 Å². The summed E-state index contributed by atoms with van der Waals surface area (Å²) in [6.07, 6.45) is 0.860. The van der Waals surface area contributed by atoms with E-state index in [0.29, 0.717) is 51.2 Å². The first-order chi connectivity index (χ1) is 16.7. The molecule has 11 nitrogen and oxygen atoms in total. The molecule has 2 atom stereocenters. The molecule has 1 aromatic carbocycles. The Morgan fingerprint density at radius 1 is 1.23 bits per heavy atom. The van der Waals surface area contributed by atoms with Gasteiger partial charge in [0.1, 0.15) is 6.10 Å². The highest BCUT2D eigenvalue weighted by Gasteiger charge is 2.32. The van der Waals surface area contributed by atoms with Gasteiger partial charge in [-0.25, -0.2) is 8.42 Å². The molecule has 4 rings (SSSR count). The molecule has 2 unspecified atom stereocenters. The van der Waals surface area contributed by atoms with Crippen molar-refractivity contribution in [1.82, 2.24) is 29.7 Å². The first-order valence-corrected chi connectivity index (χ1v) is 13.4. The van der Waals surface area contributed by atoms with Gasteiger partial charge in [0.2, 0.25) is 15.9 Å². The Balaban J connectivity index is 1.64. The summed E-state index contributed by atoms with van der Waals surface area (Å²) in [7, 11) is -3.72. The molecular formula is C23H32N6O5S. The van der Waals surface area contributed by atoms with Crippen LogP contribution in [0.4, 0.5) is 0 Å². The van der Waals surface area contributed by atoms with Crippen LogP contribution in [-0.4, -0.2) is 78.0 Å². The summed E-state index contributed by atoms with van der Waals surface area (Å²) in [5.74, 6) is -0.0136. The lowest BCUT2D eigenvalue weighted by atomic mass is 10.0. The van der Waals surface area contributed by atoms with Gasteiger partial charge in [0, 0.05) is 38.2 Å². The lowest BCUT2D eigenvalue weighted by Crippen LogP contribution is -2.48. The standard InChI is InChI=1S/C23H32N6O5S/c1-4-6-20(30)24-15(3)21-23(31)25-22(27-26-21)18-13-16(7-8-17(18)19-14-34-19)35(32,33)29-11-9-28(5-2)10-12-29/h7-8,13,15,19H,4-6,9-12,14H2,1-3H3,(H,24,30)(H,25,27,31). The number of nitrogens with zero attached hydrogens (tertiary/aromatic N) is 4. The van der Waals surface area contributed by atoms with Gasteiger partial charge >= 0.3 is 0 Å². The van der Waals surface area contributed by atoms with E-state index in [0.717, 1.165) is 12.1 Å². The summed E-state index contributed by atoms with van der Waals surface area (Å²) in [5, 5.41) is 11.0. The van der Waals surface area contributed by atoms with Crippen molar-refractivity contribution in [3.05, 3.63) is 39.8 Å². The zero-order valence-corrected chi connectivity index (χ0v) is 21.1. The maximum atomic E-state index is 13.4. The molecule has 0 radical (unpaired) electrons. The molecule has 2 aliphatic heterocycles. The molecular weight excluding hydrogens is 472 g/mol. The summed E-state index contributed by atoms with van der Waals surface area (Å²) in [6.45, 7) is 9.23. The minimum Gasteiger partial charge on any atom is -0.368 e. The summed E-state index contributed by atoms with van der Waals surface area (Å²) >= 11 is 0. The number of hydrogen-bond acceptors (Lipinski definition) is 8. The van der Waals surface area contributed by atoms with Crippen molar-refractivity contribution in [3.8, 4) is 11.4 Å². The van der Waals surface area contributed by atoms with Crippen LogP contribution in [-0.2, 0) is 19.6 Å². The molecule has 0 aliphatic carbocycles. The number of ether oxygens (including phenoxy) is 1. The zero-order valence-electron chi connectivity index (χ0n) is 20.3. The number of aromatic amines is 1. The molecule has 0 spiro atoms. The van der Waals surface area contributed by atoms with E-state index in [9.17, 15) is 18.0 Å². The van der Waals surface area contributed by atoms with Crippen molar-refractivity contribution in [2.24, 2.45) is 0 Å². The normalized spacial score (nSPS) is 19.9. The van der Waals surface area contributed by atoms with E-state index >= 15 is 0 Å². The predicted octanol–water partition coefficient (Wildman–Crippen LogP) is 1.21. The molecule has 2 N–H and O–H groups in total. The fourth-order valence-corrected chi connectivity index (χ4v) is 5.65. The summed E-state index contributed by atoms with van der Waals surface area (Å²) in [5.41, 5.74) is 0.784. The van der Waals surface area contributed by atoms with Crippen molar-refractivity contribution in [3.63, 3.8) is 0 Å². The van der Waals surface area contributed by atoms with Gasteiger partial charge in [-0.1, -0.05) is 19.9 Å². The van der Waals surface area contributed by atoms with Gasteiger partial charge in [-0.15, -0.1) is 10.2 Å². The summed E-state index contributed by atoms with van der Waals surface area (Å²) in [4.78, 5) is 29.8. The first kappa shape index (κ1) is 25.4. The van der Waals surface area contributed by atoms with Gasteiger partial charge in [0.05, 0.1) is 17.5 Å². The van der Waals surface area contributed by atoms with Crippen molar-refractivity contribution >= 4 is 15.9 Å². The van der Waals surface area contributed by atoms with Crippen LogP contribution in [0.25, 0.3) is 11.4 Å². The van der Waals surface area contributed by atoms with E-state index in [4.69, 9.17) is 4.74 Å². The maximum absolute atomic E-state index is 13.4. The minimum absolute atomic E-state index is 0.0833. The zero-order chi connectivity index (χ0) is 25.2. The molecule has 1 aromatic heterocycles. The third kappa shape index (κ3) is 5.61.